The predicted octanol–water partition coefficient (Wildman–Crippen LogP) is 7.01. The summed E-state index contributed by atoms with van der Waals surface area (Å²) in [5, 5.41) is 5.43. The number of hydrogen-bond acceptors (Lipinski definition) is 6. The molecule has 0 radical (unpaired) electrons. The van der Waals surface area contributed by atoms with Gasteiger partial charge in [0.05, 0.1) is 22.0 Å². The zero-order valence-electron chi connectivity index (χ0n) is 23.4. The molecule has 6 rings (SSSR count). The van der Waals surface area contributed by atoms with Crippen LogP contribution in [0.4, 0.5) is 0 Å². The zero-order valence-corrected chi connectivity index (χ0v) is 26.6. The van der Waals surface area contributed by atoms with Crippen LogP contribution in [0.2, 0.25) is 5.02 Å². The first-order valence-corrected chi connectivity index (χ1v) is 17.0. The van der Waals surface area contributed by atoms with Crippen LogP contribution in [-0.4, -0.2) is 50.7 Å². The second-order valence-corrected chi connectivity index (χ2v) is 14.7. The molecule has 2 saturated heterocycles. The Kier molecular flexibility index (Phi) is 8.57. The number of piperidine rings is 1. The van der Waals surface area contributed by atoms with Crippen molar-refractivity contribution in [1.29, 1.82) is 0 Å². The van der Waals surface area contributed by atoms with Crippen molar-refractivity contribution in [3.05, 3.63) is 106 Å². The number of thioether (sulfide) groups is 1. The first-order valence-electron chi connectivity index (χ1n) is 13.9. The van der Waals surface area contributed by atoms with Crippen molar-refractivity contribution in [3.8, 4) is 16.9 Å². The van der Waals surface area contributed by atoms with Gasteiger partial charge in [-0.15, -0.1) is 0 Å². The van der Waals surface area contributed by atoms with E-state index in [4.69, 9.17) is 28.9 Å². The van der Waals surface area contributed by atoms with Crippen LogP contribution in [0, 0.1) is 5.92 Å². The number of carbonyl (C=O) groups excluding carboxylic acids is 1. The monoisotopic (exact) mass is 648 g/mol. The topological polar surface area (TPSA) is 75.5 Å². The molecule has 0 aliphatic carbocycles. The highest BCUT2D eigenvalue weighted by Crippen LogP contribution is 2.37. The summed E-state index contributed by atoms with van der Waals surface area (Å²) in [5.74, 6) is 0.0976. The molecule has 1 amide bonds. The average molecular weight is 649 g/mol. The standard InChI is InChI=1S/C32H29ClN4O3S3/c1-22-9-8-16-35(19-22)43(39,40)27-14-7-11-23(17-27)30-25(21-37(34-30)26-12-3-2-4-13-26)18-29-31(38)36(32(41)42-29)20-24-10-5-6-15-28(24)33/h2-7,10-15,17-18,21-22H,8-9,16,19-20H2,1H3/b29-18-. The van der Waals surface area contributed by atoms with Gasteiger partial charge in [-0.1, -0.05) is 91.0 Å². The Balaban J connectivity index is 1.38. The molecule has 2 aliphatic heterocycles. The Hall–Kier alpha value is -3.28. The van der Waals surface area contributed by atoms with E-state index < -0.39 is 10.0 Å². The van der Waals surface area contributed by atoms with E-state index in [-0.39, 0.29) is 17.3 Å². The Morgan fingerprint density at radius 2 is 1.84 bits per heavy atom. The van der Waals surface area contributed by atoms with Crippen LogP contribution < -0.4 is 0 Å². The van der Waals surface area contributed by atoms with Crippen LogP contribution in [0.3, 0.4) is 0 Å². The SMILES string of the molecule is CC1CCCN(S(=O)(=O)c2cccc(-c3nn(-c4ccccc4)cc3/C=C3\SC(=S)N(Cc4ccccc4Cl)C3=O)c2)C1. The number of sulfonamides is 1. The first-order chi connectivity index (χ1) is 20.7. The number of hydrogen-bond donors (Lipinski definition) is 0. The first kappa shape index (κ1) is 29.8. The number of benzene rings is 3. The largest absolute Gasteiger partial charge is 0.288 e. The molecule has 0 saturated carbocycles. The van der Waals surface area contributed by atoms with Gasteiger partial charge in [-0.3, -0.25) is 9.69 Å². The summed E-state index contributed by atoms with van der Waals surface area (Å²) in [7, 11) is -3.67. The Morgan fingerprint density at radius 1 is 1.07 bits per heavy atom. The summed E-state index contributed by atoms with van der Waals surface area (Å²) in [6, 6.07) is 23.9. The predicted molar refractivity (Wildman–Crippen MR) is 176 cm³/mol. The molecule has 11 heteroatoms. The van der Waals surface area contributed by atoms with Gasteiger partial charge in [0.15, 0.2) is 0 Å². The fraction of sp³-hybridized carbons (Fsp3) is 0.219. The molecule has 1 aromatic heterocycles. The second kappa shape index (κ2) is 12.4. The number of nitrogens with zero attached hydrogens (tertiary/aromatic N) is 4. The molecule has 0 bridgehead atoms. The lowest BCUT2D eigenvalue weighted by Gasteiger charge is -2.30. The Morgan fingerprint density at radius 3 is 2.60 bits per heavy atom. The van der Waals surface area contributed by atoms with Crippen LogP contribution in [0.5, 0.6) is 0 Å². The van der Waals surface area contributed by atoms with Gasteiger partial charge in [-0.25, -0.2) is 13.1 Å². The third-order valence-electron chi connectivity index (χ3n) is 7.57. The van der Waals surface area contributed by atoms with Gasteiger partial charge in [0.2, 0.25) is 10.0 Å². The fourth-order valence-corrected chi connectivity index (χ4v) is 8.41. The van der Waals surface area contributed by atoms with E-state index in [2.05, 4.69) is 6.92 Å². The highest BCUT2D eigenvalue weighted by Gasteiger charge is 2.33. The number of rotatable bonds is 7. The van der Waals surface area contributed by atoms with Crippen molar-refractivity contribution < 1.29 is 13.2 Å². The zero-order chi connectivity index (χ0) is 30.1. The molecule has 3 aromatic carbocycles. The van der Waals surface area contributed by atoms with Gasteiger partial charge in [-0.2, -0.15) is 9.40 Å². The quantitative estimate of drug-likeness (QED) is 0.158. The third-order valence-corrected chi connectivity index (χ3v) is 11.2. The summed E-state index contributed by atoms with van der Waals surface area (Å²) >= 11 is 13.2. The van der Waals surface area contributed by atoms with E-state index in [1.807, 2.05) is 60.8 Å². The van der Waals surface area contributed by atoms with Crippen LogP contribution in [0.1, 0.15) is 30.9 Å². The van der Waals surface area contributed by atoms with Gasteiger partial charge in [0, 0.05) is 35.4 Å². The van der Waals surface area contributed by atoms with Crippen molar-refractivity contribution in [3.63, 3.8) is 0 Å². The van der Waals surface area contributed by atoms with Gasteiger partial charge in [0.25, 0.3) is 5.91 Å². The molecule has 2 aliphatic rings. The minimum absolute atomic E-state index is 0.219. The highest BCUT2D eigenvalue weighted by molar-refractivity contribution is 8.26. The van der Waals surface area contributed by atoms with Crippen molar-refractivity contribution >= 4 is 61.9 Å². The van der Waals surface area contributed by atoms with Crippen molar-refractivity contribution in [2.75, 3.05) is 13.1 Å². The van der Waals surface area contributed by atoms with Crippen molar-refractivity contribution in [1.82, 2.24) is 19.0 Å². The molecule has 3 heterocycles. The van der Waals surface area contributed by atoms with Gasteiger partial charge < -0.3 is 0 Å². The number of para-hydroxylation sites is 1. The molecule has 43 heavy (non-hydrogen) atoms. The lowest BCUT2D eigenvalue weighted by atomic mass is 10.0. The van der Waals surface area contributed by atoms with Gasteiger partial charge in [-0.05, 0) is 60.7 Å². The summed E-state index contributed by atoms with van der Waals surface area (Å²) in [6.07, 6.45) is 5.50. The van der Waals surface area contributed by atoms with Crippen LogP contribution in [0.25, 0.3) is 23.0 Å². The molecule has 1 atom stereocenters. The molecule has 4 aromatic rings. The van der Waals surface area contributed by atoms with Gasteiger partial charge >= 0.3 is 0 Å². The van der Waals surface area contributed by atoms with Gasteiger partial charge in [0.1, 0.15) is 10.0 Å². The molecule has 1 unspecified atom stereocenters. The maximum absolute atomic E-state index is 13.6. The number of halogens is 1. The number of aromatic nitrogens is 2. The molecular formula is C32H29ClN4O3S3. The normalized spacial score (nSPS) is 19.0. The van der Waals surface area contributed by atoms with E-state index in [9.17, 15) is 13.2 Å². The number of carbonyl (C=O) groups is 1. The molecule has 7 nitrogen and oxygen atoms in total. The van der Waals surface area contributed by atoms with E-state index in [0.29, 0.717) is 50.1 Å². The number of amides is 1. The highest BCUT2D eigenvalue weighted by atomic mass is 35.5. The van der Waals surface area contributed by atoms with Crippen LogP contribution in [0.15, 0.2) is 94.9 Å². The average Bonchev–Trinajstić information content (AvgIpc) is 3.55. The lowest BCUT2D eigenvalue weighted by Crippen LogP contribution is -2.39. The summed E-state index contributed by atoms with van der Waals surface area (Å²) in [6.45, 7) is 3.38. The van der Waals surface area contributed by atoms with Crippen molar-refractivity contribution in [2.45, 2.75) is 31.2 Å². The molecule has 220 valence electrons. The van der Waals surface area contributed by atoms with E-state index in [0.717, 1.165) is 24.1 Å². The van der Waals surface area contributed by atoms with E-state index in [1.165, 1.54) is 11.8 Å². The molecule has 0 N–H and O–H groups in total. The van der Waals surface area contributed by atoms with Crippen LogP contribution >= 0.6 is 35.6 Å². The summed E-state index contributed by atoms with van der Waals surface area (Å²) in [4.78, 5) is 15.8. The minimum atomic E-state index is -3.67. The molecule has 2 fully saturated rings. The minimum Gasteiger partial charge on any atom is -0.288 e. The smallest absolute Gasteiger partial charge is 0.266 e. The van der Waals surface area contributed by atoms with E-state index >= 15 is 0 Å². The second-order valence-electron chi connectivity index (χ2n) is 10.7. The van der Waals surface area contributed by atoms with Crippen molar-refractivity contribution in [2.24, 2.45) is 5.92 Å². The van der Waals surface area contributed by atoms with Crippen LogP contribution in [-0.2, 0) is 21.4 Å². The molecular weight excluding hydrogens is 620 g/mol. The lowest BCUT2D eigenvalue weighted by molar-refractivity contribution is -0.122. The molecule has 0 spiro atoms. The summed E-state index contributed by atoms with van der Waals surface area (Å²) in [5.41, 5.74) is 3.51. The summed E-state index contributed by atoms with van der Waals surface area (Å²) < 4.78 is 31.0. The third kappa shape index (κ3) is 6.21. The maximum atomic E-state index is 13.6. The maximum Gasteiger partial charge on any atom is 0.266 e. The van der Waals surface area contributed by atoms with E-state index in [1.54, 1.807) is 44.2 Å². The Bertz CT molecular complexity index is 1840. The number of thiocarbonyl (C=S) groups is 1. The Labute approximate surface area is 266 Å². The fourth-order valence-electron chi connectivity index (χ4n) is 5.32.